The highest BCUT2D eigenvalue weighted by Gasteiger charge is 2.49. The van der Waals surface area contributed by atoms with Gasteiger partial charge in [-0.25, -0.2) is 9.59 Å². The molecule has 1 aromatic heterocycles. The van der Waals surface area contributed by atoms with Gasteiger partial charge in [0.1, 0.15) is 6.23 Å². The summed E-state index contributed by atoms with van der Waals surface area (Å²) in [7, 11) is -2.32. The lowest BCUT2D eigenvalue weighted by Crippen LogP contribution is -2.48. The Morgan fingerprint density at radius 1 is 1.16 bits per heavy atom. The van der Waals surface area contributed by atoms with Crippen LogP contribution in [-0.2, 0) is 23.5 Å². The number of aryl methyl sites for hydroxylation is 1. The first-order valence-corrected chi connectivity index (χ1v) is 13.3. The van der Waals surface area contributed by atoms with E-state index in [0.717, 1.165) is 0 Å². The van der Waals surface area contributed by atoms with E-state index in [1.165, 1.54) is 10.8 Å². The van der Waals surface area contributed by atoms with Crippen molar-refractivity contribution >= 4 is 20.3 Å². The number of nitrogens with one attached hydrogen (secondary N) is 1. The number of aromatic amines is 1. The molecular weight excluding hydrogens is 420 g/mol. The Kier molecular flexibility index (Phi) is 6.90. The first-order chi connectivity index (χ1) is 13.9. The van der Waals surface area contributed by atoms with Crippen LogP contribution in [0.5, 0.6) is 0 Å². The standard InChI is InChI=1S/C21H34N2O7Si/c1-12-11-23(19(27)22-16(12)24)14-10-13(30-31(8,9)21(5,6)7)15(28-14)17(25)29-18(26)20(2,3)4/h11,13-15H,10H2,1-9H3,(H,22,24,27). The average Bonchev–Trinajstić information content (AvgIpc) is 2.99. The van der Waals surface area contributed by atoms with Crippen molar-refractivity contribution in [1.29, 1.82) is 0 Å². The summed E-state index contributed by atoms with van der Waals surface area (Å²) in [5.74, 6) is -1.52. The highest BCUT2D eigenvalue weighted by Crippen LogP contribution is 2.41. The Bertz CT molecular complexity index is 966. The molecule has 1 aliphatic rings. The zero-order valence-corrected chi connectivity index (χ0v) is 20.8. The second kappa shape index (κ2) is 8.48. The second-order valence-corrected chi connectivity index (χ2v) is 15.4. The third-order valence-corrected chi connectivity index (χ3v) is 10.3. The average molecular weight is 455 g/mol. The Morgan fingerprint density at radius 2 is 1.74 bits per heavy atom. The van der Waals surface area contributed by atoms with E-state index in [0.29, 0.717) is 5.56 Å². The van der Waals surface area contributed by atoms with E-state index in [1.54, 1.807) is 27.7 Å². The maximum Gasteiger partial charge on any atom is 0.345 e. The molecular formula is C21H34N2O7Si. The van der Waals surface area contributed by atoms with E-state index >= 15 is 0 Å². The molecule has 0 bridgehead atoms. The summed E-state index contributed by atoms with van der Waals surface area (Å²) in [6.45, 7) is 16.8. The molecule has 31 heavy (non-hydrogen) atoms. The smallest absolute Gasteiger partial charge is 0.345 e. The number of ether oxygens (including phenoxy) is 2. The lowest BCUT2D eigenvalue weighted by molar-refractivity contribution is -0.175. The normalized spacial score (nSPS) is 22.4. The van der Waals surface area contributed by atoms with Gasteiger partial charge in [-0.3, -0.25) is 19.1 Å². The van der Waals surface area contributed by atoms with Crippen molar-refractivity contribution in [2.45, 2.75) is 91.5 Å². The van der Waals surface area contributed by atoms with Crippen molar-refractivity contribution in [3.63, 3.8) is 0 Å². The summed E-state index contributed by atoms with van der Waals surface area (Å²) in [4.78, 5) is 51.4. The van der Waals surface area contributed by atoms with Gasteiger partial charge in [-0.1, -0.05) is 20.8 Å². The molecule has 1 fully saturated rings. The number of carbonyl (C=O) groups is 2. The summed E-state index contributed by atoms with van der Waals surface area (Å²) in [5, 5.41) is -0.133. The van der Waals surface area contributed by atoms with Gasteiger partial charge in [0, 0.05) is 18.2 Å². The quantitative estimate of drug-likeness (QED) is 0.422. The van der Waals surface area contributed by atoms with E-state index in [1.807, 2.05) is 13.1 Å². The summed E-state index contributed by atoms with van der Waals surface area (Å²) in [5.41, 5.74) is -1.67. The third kappa shape index (κ3) is 5.61. The lowest BCUT2D eigenvalue weighted by Gasteiger charge is -2.39. The number of hydrogen-bond acceptors (Lipinski definition) is 7. The summed E-state index contributed by atoms with van der Waals surface area (Å²) >= 11 is 0. The van der Waals surface area contributed by atoms with Crippen LogP contribution in [0.25, 0.3) is 0 Å². The molecule has 2 heterocycles. The fourth-order valence-electron chi connectivity index (χ4n) is 2.79. The van der Waals surface area contributed by atoms with Crippen LogP contribution in [0.15, 0.2) is 15.8 Å². The van der Waals surface area contributed by atoms with Gasteiger partial charge < -0.3 is 13.9 Å². The fourth-order valence-corrected chi connectivity index (χ4v) is 4.12. The topological polar surface area (TPSA) is 117 Å². The van der Waals surface area contributed by atoms with Crippen LogP contribution >= 0.6 is 0 Å². The number of H-pyrrole nitrogens is 1. The van der Waals surface area contributed by atoms with Crippen LogP contribution < -0.4 is 11.2 Å². The molecule has 1 aromatic rings. The minimum atomic E-state index is -2.32. The van der Waals surface area contributed by atoms with E-state index in [-0.39, 0.29) is 11.5 Å². The predicted molar refractivity (Wildman–Crippen MR) is 117 cm³/mol. The van der Waals surface area contributed by atoms with Gasteiger partial charge in [-0.05, 0) is 45.8 Å². The first-order valence-electron chi connectivity index (χ1n) is 10.4. The predicted octanol–water partition coefficient (Wildman–Crippen LogP) is 2.64. The molecule has 3 unspecified atom stereocenters. The SMILES string of the molecule is Cc1cn(C2CC(O[Si](C)(C)C(C)(C)C)C(C(=O)OC(=O)C(C)(C)C)O2)c(=O)[nH]c1=O. The van der Waals surface area contributed by atoms with Crippen LogP contribution in [-0.4, -0.2) is 42.0 Å². The van der Waals surface area contributed by atoms with Gasteiger partial charge in [0.15, 0.2) is 14.4 Å². The highest BCUT2D eigenvalue weighted by atomic mass is 28.4. The van der Waals surface area contributed by atoms with Crippen LogP contribution in [0.4, 0.5) is 0 Å². The second-order valence-electron chi connectivity index (χ2n) is 10.6. The van der Waals surface area contributed by atoms with Gasteiger partial charge in [0.25, 0.3) is 5.56 Å². The largest absolute Gasteiger partial charge is 0.410 e. The first kappa shape index (κ1) is 25.2. The van der Waals surface area contributed by atoms with Gasteiger partial charge in [-0.2, -0.15) is 0 Å². The number of nitrogens with zero attached hydrogens (tertiary/aromatic N) is 1. The van der Waals surface area contributed by atoms with E-state index in [9.17, 15) is 19.2 Å². The minimum absolute atomic E-state index is 0.133. The Balaban J connectivity index is 2.38. The molecule has 0 radical (unpaired) electrons. The maximum absolute atomic E-state index is 12.9. The molecule has 0 aliphatic carbocycles. The van der Waals surface area contributed by atoms with Gasteiger partial charge in [-0.15, -0.1) is 0 Å². The minimum Gasteiger partial charge on any atom is -0.410 e. The lowest BCUT2D eigenvalue weighted by atomic mass is 9.97. The number of hydrogen-bond donors (Lipinski definition) is 1. The molecule has 3 atom stereocenters. The molecule has 0 saturated carbocycles. The summed E-state index contributed by atoms with van der Waals surface area (Å²) < 4.78 is 18.6. The Hall–Kier alpha value is -2.04. The number of rotatable bonds is 4. The van der Waals surface area contributed by atoms with Gasteiger partial charge in [0.05, 0.1) is 11.5 Å². The van der Waals surface area contributed by atoms with Gasteiger partial charge >= 0.3 is 17.6 Å². The zero-order valence-electron chi connectivity index (χ0n) is 19.8. The number of esters is 2. The summed E-state index contributed by atoms with van der Waals surface area (Å²) in [6, 6.07) is 0. The van der Waals surface area contributed by atoms with Crippen LogP contribution in [0.3, 0.4) is 0 Å². The molecule has 174 valence electrons. The molecule has 0 aromatic carbocycles. The van der Waals surface area contributed by atoms with Crippen molar-refractivity contribution in [2.75, 3.05) is 0 Å². The van der Waals surface area contributed by atoms with Crippen LogP contribution in [0.2, 0.25) is 18.1 Å². The third-order valence-electron chi connectivity index (χ3n) is 5.82. The number of carbonyl (C=O) groups excluding carboxylic acids is 2. The zero-order chi connectivity index (χ0) is 23.9. The molecule has 0 amide bonds. The summed E-state index contributed by atoms with van der Waals surface area (Å²) in [6.07, 6.45) is -1.14. The molecule has 10 heteroatoms. The fraction of sp³-hybridized carbons (Fsp3) is 0.714. The van der Waals surface area contributed by atoms with Crippen molar-refractivity contribution in [3.8, 4) is 0 Å². The molecule has 1 aliphatic heterocycles. The van der Waals surface area contributed by atoms with Crippen LogP contribution in [0.1, 0.15) is 59.8 Å². The maximum atomic E-state index is 12.9. The van der Waals surface area contributed by atoms with E-state index < -0.39 is 55.4 Å². The molecule has 0 spiro atoms. The van der Waals surface area contributed by atoms with Crippen molar-refractivity contribution in [1.82, 2.24) is 9.55 Å². The van der Waals surface area contributed by atoms with Crippen molar-refractivity contribution in [3.05, 3.63) is 32.6 Å². The monoisotopic (exact) mass is 454 g/mol. The molecule has 1 saturated heterocycles. The molecule has 1 N–H and O–H groups in total. The Morgan fingerprint density at radius 3 is 2.26 bits per heavy atom. The van der Waals surface area contributed by atoms with E-state index in [4.69, 9.17) is 13.9 Å². The van der Waals surface area contributed by atoms with Crippen molar-refractivity contribution in [2.24, 2.45) is 5.41 Å². The Labute approximate surface area is 183 Å². The van der Waals surface area contributed by atoms with Gasteiger partial charge in [0.2, 0.25) is 0 Å². The number of aromatic nitrogens is 2. The van der Waals surface area contributed by atoms with Crippen molar-refractivity contribution < 1.29 is 23.5 Å². The molecule has 9 nitrogen and oxygen atoms in total. The highest BCUT2D eigenvalue weighted by molar-refractivity contribution is 6.74. The van der Waals surface area contributed by atoms with E-state index in [2.05, 4.69) is 25.8 Å². The molecule has 2 rings (SSSR count). The van der Waals surface area contributed by atoms with Crippen LogP contribution in [0, 0.1) is 12.3 Å².